The van der Waals surface area contributed by atoms with Crippen LogP contribution in [-0.2, 0) is 14.8 Å². The second kappa shape index (κ2) is 7.84. The third-order valence-corrected chi connectivity index (χ3v) is 4.09. The van der Waals surface area contributed by atoms with E-state index in [4.69, 9.17) is 10.5 Å². The van der Waals surface area contributed by atoms with Gasteiger partial charge in [0, 0.05) is 13.1 Å². The smallest absolute Gasteiger partial charge is 0.338 e. The molecule has 0 aliphatic carbocycles. The van der Waals surface area contributed by atoms with Crippen LogP contribution in [0, 0.1) is 0 Å². The molecule has 0 unspecified atom stereocenters. The van der Waals surface area contributed by atoms with Crippen LogP contribution in [-0.4, -0.2) is 39.8 Å². The molecule has 0 saturated heterocycles. The van der Waals surface area contributed by atoms with Crippen LogP contribution in [0.5, 0.6) is 0 Å². The Morgan fingerprint density at radius 1 is 1.33 bits per heavy atom. The Labute approximate surface area is 124 Å². The molecule has 4 N–H and O–H groups in total. The van der Waals surface area contributed by atoms with Crippen molar-refractivity contribution >= 4 is 27.4 Å². The first-order valence-corrected chi connectivity index (χ1v) is 8.32. The molecule has 0 aliphatic rings. The Bertz CT molecular complexity index is 587. The summed E-state index contributed by atoms with van der Waals surface area (Å²) in [6, 6.07) is 4.69. The minimum atomic E-state index is -3.29. The molecule has 0 radical (unpaired) electrons. The fraction of sp³-hybridized carbons (Fsp3) is 0.462. The Hall–Kier alpha value is -1.80. The molecule has 8 heteroatoms. The summed E-state index contributed by atoms with van der Waals surface area (Å²) in [4.78, 5) is 11.6. The van der Waals surface area contributed by atoms with Crippen LogP contribution in [0.25, 0.3) is 0 Å². The molecule has 1 rings (SSSR count). The van der Waals surface area contributed by atoms with Gasteiger partial charge in [-0.25, -0.2) is 17.9 Å². The second-order valence-corrected chi connectivity index (χ2v) is 6.19. The molecule has 0 heterocycles. The normalized spacial score (nSPS) is 11.1. The van der Waals surface area contributed by atoms with Crippen molar-refractivity contribution in [3.8, 4) is 0 Å². The summed E-state index contributed by atoms with van der Waals surface area (Å²) < 4.78 is 30.3. The van der Waals surface area contributed by atoms with Gasteiger partial charge in [0.05, 0.1) is 29.3 Å². The van der Waals surface area contributed by atoms with E-state index in [1.807, 2.05) is 0 Å². The zero-order chi connectivity index (χ0) is 15.9. The van der Waals surface area contributed by atoms with E-state index in [9.17, 15) is 13.2 Å². The maximum Gasteiger partial charge on any atom is 0.338 e. The summed E-state index contributed by atoms with van der Waals surface area (Å²) in [5.41, 5.74) is 7.10. The first kappa shape index (κ1) is 17.3. The van der Waals surface area contributed by atoms with Crippen molar-refractivity contribution < 1.29 is 17.9 Å². The van der Waals surface area contributed by atoms with E-state index >= 15 is 0 Å². The lowest BCUT2D eigenvalue weighted by Gasteiger charge is -2.11. The highest BCUT2D eigenvalue weighted by Crippen LogP contribution is 2.20. The molecule has 0 aromatic heterocycles. The second-order valence-electron chi connectivity index (χ2n) is 4.27. The van der Waals surface area contributed by atoms with Gasteiger partial charge in [0.25, 0.3) is 0 Å². The molecule has 21 heavy (non-hydrogen) atoms. The van der Waals surface area contributed by atoms with Crippen molar-refractivity contribution in [3.63, 3.8) is 0 Å². The summed E-state index contributed by atoms with van der Waals surface area (Å²) in [5.74, 6) is -0.523. The average Bonchev–Trinajstić information content (AvgIpc) is 2.40. The molecule has 1 aromatic carbocycles. The number of hydrogen-bond donors (Lipinski definition) is 3. The predicted octanol–water partition coefficient (Wildman–Crippen LogP) is 0.797. The lowest BCUT2D eigenvalue weighted by molar-refractivity contribution is 0.0526. The van der Waals surface area contributed by atoms with Crippen LogP contribution in [0.3, 0.4) is 0 Å². The molecule has 0 atom stereocenters. The number of esters is 1. The maximum atomic E-state index is 11.6. The SMILES string of the molecule is CCNS(=O)(=O)CCNc1cc(C(=O)OCC)ccc1N. The number of sulfonamides is 1. The van der Waals surface area contributed by atoms with Gasteiger partial charge in [-0.1, -0.05) is 6.92 Å². The zero-order valence-electron chi connectivity index (χ0n) is 12.2. The van der Waals surface area contributed by atoms with Gasteiger partial charge in [0.2, 0.25) is 10.0 Å². The Morgan fingerprint density at radius 2 is 2.05 bits per heavy atom. The van der Waals surface area contributed by atoms with Crippen LogP contribution < -0.4 is 15.8 Å². The van der Waals surface area contributed by atoms with Gasteiger partial charge < -0.3 is 15.8 Å². The van der Waals surface area contributed by atoms with Crippen molar-refractivity contribution in [2.75, 3.05) is 36.5 Å². The summed E-state index contributed by atoms with van der Waals surface area (Å²) >= 11 is 0. The van der Waals surface area contributed by atoms with Crippen molar-refractivity contribution in [1.29, 1.82) is 0 Å². The lowest BCUT2D eigenvalue weighted by Crippen LogP contribution is -2.29. The minimum Gasteiger partial charge on any atom is -0.462 e. The standard InChI is InChI=1S/C13H21N3O4S/c1-3-16-21(18,19)8-7-15-12-9-10(5-6-11(12)14)13(17)20-4-2/h5-6,9,15-16H,3-4,7-8,14H2,1-2H3. The largest absolute Gasteiger partial charge is 0.462 e. The number of carbonyl (C=O) groups is 1. The summed E-state index contributed by atoms with van der Waals surface area (Å²) in [7, 11) is -3.29. The quantitative estimate of drug-likeness (QED) is 0.483. The number of anilines is 2. The molecule has 0 amide bonds. The van der Waals surface area contributed by atoms with Gasteiger partial charge in [-0.2, -0.15) is 0 Å². The van der Waals surface area contributed by atoms with Crippen molar-refractivity contribution in [1.82, 2.24) is 4.72 Å². The predicted molar refractivity (Wildman–Crippen MR) is 82.8 cm³/mol. The fourth-order valence-corrected chi connectivity index (χ4v) is 2.62. The van der Waals surface area contributed by atoms with E-state index in [0.29, 0.717) is 23.5 Å². The Morgan fingerprint density at radius 3 is 2.67 bits per heavy atom. The molecule has 0 fully saturated rings. The van der Waals surface area contributed by atoms with Crippen molar-refractivity contribution in [2.24, 2.45) is 0 Å². The number of ether oxygens (including phenoxy) is 1. The van der Waals surface area contributed by atoms with Crippen LogP contribution in [0.4, 0.5) is 11.4 Å². The molecule has 0 aliphatic heterocycles. The molecule has 0 bridgehead atoms. The van der Waals surface area contributed by atoms with Gasteiger partial charge in [0.15, 0.2) is 0 Å². The number of rotatable bonds is 8. The maximum absolute atomic E-state index is 11.6. The number of nitrogen functional groups attached to an aromatic ring is 1. The Balaban J connectivity index is 2.70. The summed E-state index contributed by atoms with van der Waals surface area (Å²) in [6.45, 7) is 4.26. The first-order chi connectivity index (χ1) is 9.89. The highest BCUT2D eigenvalue weighted by Gasteiger charge is 2.11. The molecular weight excluding hydrogens is 294 g/mol. The highest BCUT2D eigenvalue weighted by molar-refractivity contribution is 7.89. The van der Waals surface area contributed by atoms with Crippen LogP contribution in [0.15, 0.2) is 18.2 Å². The minimum absolute atomic E-state index is 0.0795. The number of carbonyl (C=O) groups excluding carboxylic acids is 1. The lowest BCUT2D eigenvalue weighted by atomic mass is 10.1. The highest BCUT2D eigenvalue weighted by atomic mass is 32.2. The third-order valence-electron chi connectivity index (χ3n) is 2.61. The number of nitrogens with two attached hydrogens (primary N) is 1. The molecule has 0 saturated carbocycles. The van der Waals surface area contributed by atoms with Crippen LogP contribution in [0.2, 0.25) is 0 Å². The molecule has 0 spiro atoms. The van der Waals surface area contributed by atoms with E-state index < -0.39 is 16.0 Å². The topological polar surface area (TPSA) is 111 Å². The monoisotopic (exact) mass is 315 g/mol. The van der Waals surface area contributed by atoms with Gasteiger partial charge in [-0.15, -0.1) is 0 Å². The first-order valence-electron chi connectivity index (χ1n) is 6.67. The van der Waals surface area contributed by atoms with Crippen molar-refractivity contribution in [2.45, 2.75) is 13.8 Å². The van der Waals surface area contributed by atoms with Gasteiger partial charge in [0.1, 0.15) is 0 Å². The summed E-state index contributed by atoms with van der Waals surface area (Å²) in [5, 5.41) is 2.91. The van der Waals surface area contributed by atoms with E-state index in [-0.39, 0.29) is 18.9 Å². The summed E-state index contributed by atoms with van der Waals surface area (Å²) in [6.07, 6.45) is 0. The van der Waals surface area contributed by atoms with E-state index in [2.05, 4.69) is 10.0 Å². The number of nitrogens with one attached hydrogen (secondary N) is 2. The van der Waals surface area contributed by atoms with Gasteiger partial charge in [-0.3, -0.25) is 0 Å². The molecule has 1 aromatic rings. The molecule has 118 valence electrons. The number of hydrogen-bond acceptors (Lipinski definition) is 6. The molecule has 7 nitrogen and oxygen atoms in total. The van der Waals surface area contributed by atoms with E-state index in [0.717, 1.165) is 0 Å². The zero-order valence-corrected chi connectivity index (χ0v) is 13.0. The van der Waals surface area contributed by atoms with Gasteiger partial charge >= 0.3 is 5.97 Å². The van der Waals surface area contributed by atoms with Crippen LogP contribution >= 0.6 is 0 Å². The van der Waals surface area contributed by atoms with Gasteiger partial charge in [-0.05, 0) is 25.1 Å². The third kappa shape index (κ3) is 5.60. The van der Waals surface area contributed by atoms with Crippen molar-refractivity contribution in [3.05, 3.63) is 23.8 Å². The molecular formula is C13H21N3O4S. The van der Waals surface area contributed by atoms with E-state index in [1.165, 1.54) is 0 Å². The Kier molecular flexibility index (Phi) is 6.44. The van der Waals surface area contributed by atoms with Crippen LogP contribution in [0.1, 0.15) is 24.2 Å². The fourth-order valence-electron chi connectivity index (χ4n) is 1.66. The number of benzene rings is 1. The average molecular weight is 315 g/mol. The van der Waals surface area contributed by atoms with E-state index in [1.54, 1.807) is 32.0 Å².